The molecule has 4 amide bonds. The quantitative estimate of drug-likeness (QED) is 0.752. The lowest BCUT2D eigenvalue weighted by Crippen LogP contribution is -2.63. The summed E-state index contributed by atoms with van der Waals surface area (Å²) in [7, 11) is 0. The average Bonchev–Trinajstić information content (AvgIpc) is 2.82. The van der Waals surface area contributed by atoms with Gasteiger partial charge in [0.2, 0.25) is 11.8 Å². The van der Waals surface area contributed by atoms with Crippen LogP contribution in [0, 0.1) is 5.41 Å². The molecule has 0 radical (unpaired) electrons. The number of imide groups is 2. The van der Waals surface area contributed by atoms with Crippen molar-refractivity contribution in [1.29, 1.82) is 0 Å². The Hall–Kier alpha value is -3.03. The molecule has 138 valence electrons. The maximum absolute atomic E-state index is 13.1. The Morgan fingerprint density at radius 3 is 2.41 bits per heavy atom. The number of nitrogens with zero attached hydrogens (tertiary/aromatic N) is 2. The molecule has 1 saturated carbocycles. The van der Waals surface area contributed by atoms with Gasteiger partial charge in [0, 0.05) is 37.8 Å². The van der Waals surface area contributed by atoms with Gasteiger partial charge >= 0.3 is 0 Å². The van der Waals surface area contributed by atoms with Gasteiger partial charge in [-0.05, 0) is 18.6 Å². The molecule has 1 atom stereocenters. The van der Waals surface area contributed by atoms with Crippen molar-refractivity contribution in [1.82, 2.24) is 10.2 Å². The van der Waals surface area contributed by atoms with Gasteiger partial charge in [-0.25, -0.2) is 0 Å². The third kappa shape index (κ3) is 2.19. The van der Waals surface area contributed by atoms with E-state index in [1.807, 2.05) is 4.90 Å². The summed E-state index contributed by atoms with van der Waals surface area (Å²) in [6, 6.07) is 4.15. The largest absolute Gasteiger partial charge is 0.370 e. The highest BCUT2D eigenvalue weighted by Gasteiger charge is 2.54. The molecule has 8 nitrogen and oxygen atoms in total. The first-order chi connectivity index (χ1) is 12.9. The second-order valence-corrected chi connectivity index (χ2v) is 7.90. The number of amides is 4. The van der Waals surface area contributed by atoms with Crippen LogP contribution in [0.25, 0.3) is 0 Å². The maximum atomic E-state index is 13.1. The molecule has 27 heavy (non-hydrogen) atoms. The van der Waals surface area contributed by atoms with Crippen molar-refractivity contribution in [2.24, 2.45) is 5.41 Å². The molecule has 3 heterocycles. The van der Waals surface area contributed by atoms with Gasteiger partial charge in [0.1, 0.15) is 11.8 Å². The number of fused-ring (bicyclic) bond motifs is 1. The van der Waals surface area contributed by atoms with E-state index in [-0.39, 0.29) is 29.6 Å². The van der Waals surface area contributed by atoms with Crippen molar-refractivity contribution in [3.05, 3.63) is 29.3 Å². The van der Waals surface area contributed by atoms with Crippen LogP contribution in [0.2, 0.25) is 0 Å². The predicted molar refractivity (Wildman–Crippen MR) is 92.0 cm³/mol. The number of hydrogen-bond acceptors (Lipinski definition) is 6. The Bertz CT molecular complexity index is 937. The second-order valence-electron chi connectivity index (χ2n) is 7.90. The highest BCUT2D eigenvalue weighted by Crippen LogP contribution is 2.49. The molecule has 1 aliphatic carbocycles. The highest BCUT2D eigenvalue weighted by molar-refractivity contribution is 6.25. The molecule has 3 aliphatic heterocycles. The van der Waals surface area contributed by atoms with Gasteiger partial charge in [-0.3, -0.25) is 34.2 Å². The summed E-state index contributed by atoms with van der Waals surface area (Å²) in [5.41, 5.74) is 1.29. The monoisotopic (exact) mass is 367 g/mol. The molecule has 1 aromatic carbocycles. The molecule has 2 saturated heterocycles. The van der Waals surface area contributed by atoms with E-state index in [9.17, 15) is 24.0 Å². The number of Topliss-reactive ketones (excluding diaryl/α,β-unsaturated/α-hetero) is 1. The van der Waals surface area contributed by atoms with Crippen LogP contribution in [0.3, 0.4) is 0 Å². The number of carbonyl (C=O) groups excluding carboxylic acids is 5. The maximum Gasteiger partial charge on any atom is 0.264 e. The highest BCUT2D eigenvalue weighted by atomic mass is 16.2. The van der Waals surface area contributed by atoms with Gasteiger partial charge in [0.15, 0.2) is 0 Å². The second kappa shape index (κ2) is 5.25. The lowest BCUT2D eigenvalue weighted by molar-refractivity contribution is -0.136. The van der Waals surface area contributed by atoms with Crippen molar-refractivity contribution in [3.8, 4) is 0 Å². The molecular formula is C19H17N3O5. The summed E-state index contributed by atoms with van der Waals surface area (Å²) in [6.07, 6.45) is 1.39. The SMILES string of the molecule is O=C1CC2(C1)CN(c1cccc3c1C(=O)N(C1CCC(=O)NC1=O)C3=O)C2. The number of piperidine rings is 1. The number of carbonyl (C=O) groups is 5. The first-order valence-corrected chi connectivity index (χ1v) is 9.00. The summed E-state index contributed by atoms with van der Waals surface area (Å²) >= 11 is 0. The Kier molecular flexibility index (Phi) is 3.14. The Morgan fingerprint density at radius 1 is 1.00 bits per heavy atom. The number of rotatable bonds is 2. The van der Waals surface area contributed by atoms with Crippen LogP contribution < -0.4 is 10.2 Å². The molecule has 0 aromatic heterocycles. The van der Waals surface area contributed by atoms with Gasteiger partial charge in [-0.15, -0.1) is 0 Å². The van der Waals surface area contributed by atoms with Crippen LogP contribution in [0.1, 0.15) is 46.4 Å². The zero-order valence-corrected chi connectivity index (χ0v) is 14.5. The summed E-state index contributed by atoms with van der Waals surface area (Å²) in [4.78, 5) is 63.7. The van der Waals surface area contributed by atoms with E-state index in [1.54, 1.807) is 18.2 Å². The summed E-state index contributed by atoms with van der Waals surface area (Å²) in [6.45, 7) is 1.38. The zero-order valence-electron chi connectivity index (χ0n) is 14.5. The van der Waals surface area contributed by atoms with Crippen molar-refractivity contribution >= 4 is 35.1 Å². The van der Waals surface area contributed by atoms with E-state index >= 15 is 0 Å². The van der Waals surface area contributed by atoms with Crippen LogP contribution in [0.5, 0.6) is 0 Å². The molecule has 3 fully saturated rings. The minimum absolute atomic E-state index is 0.0226. The van der Waals surface area contributed by atoms with Gasteiger partial charge in [-0.2, -0.15) is 0 Å². The van der Waals surface area contributed by atoms with E-state index in [2.05, 4.69) is 5.32 Å². The third-order valence-corrected chi connectivity index (χ3v) is 5.98. The minimum Gasteiger partial charge on any atom is -0.370 e. The Balaban J connectivity index is 1.44. The zero-order chi connectivity index (χ0) is 18.9. The van der Waals surface area contributed by atoms with Crippen LogP contribution in [-0.2, 0) is 14.4 Å². The number of hydrogen-bond donors (Lipinski definition) is 1. The smallest absolute Gasteiger partial charge is 0.264 e. The van der Waals surface area contributed by atoms with Gasteiger partial charge in [0.05, 0.1) is 16.8 Å². The van der Waals surface area contributed by atoms with Crippen molar-refractivity contribution < 1.29 is 24.0 Å². The van der Waals surface area contributed by atoms with Crippen LogP contribution in [0.15, 0.2) is 18.2 Å². The van der Waals surface area contributed by atoms with Crippen molar-refractivity contribution in [2.45, 2.75) is 31.7 Å². The van der Waals surface area contributed by atoms with Gasteiger partial charge in [-0.1, -0.05) is 6.07 Å². The van der Waals surface area contributed by atoms with E-state index in [4.69, 9.17) is 0 Å². The first kappa shape index (κ1) is 16.2. The van der Waals surface area contributed by atoms with E-state index in [0.717, 1.165) is 4.90 Å². The molecule has 8 heteroatoms. The lowest BCUT2D eigenvalue weighted by Gasteiger charge is -2.56. The topological polar surface area (TPSA) is 104 Å². The summed E-state index contributed by atoms with van der Waals surface area (Å²) < 4.78 is 0. The van der Waals surface area contributed by atoms with Gasteiger partial charge in [0.25, 0.3) is 11.8 Å². The fourth-order valence-corrected chi connectivity index (χ4v) is 4.70. The lowest BCUT2D eigenvalue weighted by atomic mass is 9.62. The van der Waals surface area contributed by atoms with Crippen molar-refractivity contribution in [3.63, 3.8) is 0 Å². The van der Waals surface area contributed by atoms with E-state index in [0.29, 0.717) is 37.2 Å². The molecule has 1 aromatic rings. The minimum atomic E-state index is -0.963. The Morgan fingerprint density at radius 2 is 1.74 bits per heavy atom. The molecular weight excluding hydrogens is 350 g/mol. The predicted octanol–water partition coefficient (Wildman–Crippen LogP) is 0.257. The number of benzene rings is 1. The van der Waals surface area contributed by atoms with E-state index < -0.39 is 29.7 Å². The third-order valence-electron chi connectivity index (χ3n) is 5.98. The van der Waals surface area contributed by atoms with E-state index in [1.165, 1.54) is 0 Å². The number of nitrogens with one attached hydrogen (secondary N) is 1. The fourth-order valence-electron chi connectivity index (χ4n) is 4.70. The molecule has 1 spiro atoms. The summed E-state index contributed by atoms with van der Waals surface area (Å²) in [5.74, 6) is -1.73. The Labute approximate surface area is 154 Å². The first-order valence-electron chi connectivity index (χ1n) is 9.00. The normalized spacial score (nSPS) is 26.1. The molecule has 1 N–H and O–H groups in total. The average molecular weight is 367 g/mol. The number of anilines is 1. The van der Waals surface area contributed by atoms with Crippen LogP contribution in [-0.4, -0.2) is 53.4 Å². The molecule has 1 unspecified atom stereocenters. The molecule has 4 aliphatic rings. The fraction of sp³-hybridized carbons (Fsp3) is 0.421. The number of ketones is 1. The molecule has 0 bridgehead atoms. The standard InChI is InChI=1S/C19H17N3O5/c23-10-6-19(7-10)8-21(9-19)12-3-1-2-11-15(12)18(27)22(17(11)26)13-4-5-14(24)20-16(13)25/h1-3,13H,4-9H2,(H,20,24,25). The van der Waals surface area contributed by atoms with Crippen LogP contribution in [0.4, 0.5) is 5.69 Å². The van der Waals surface area contributed by atoms with Crippen molar-refractivity contribution in [2.75, 3.05) is 18.0 Å². The molecule has 5 rings (SSSR count). The summed E-state index contributed by atoms with van der Waals surface area (Å²) in [5, 5.41) is 2.20. The van der Waals surface area contributed by atoms with Gasteiger partial charge < -0.3 is 4.90 Å². The van der Waals surface area contributed by atoms with Crippen LogP contribution >= 0.6 is 0 Å².